The summed E-state index contributed by atoms with van der Waals surface area (Å²) in [5, 5.41) is 0. The van der Waals surface area contributed by atoms with Crippen molar-refractivity contribution in [2.24, 2.45) is 0 Å². The summed E-state index contributed by atoms with van der Waals surface area (Å²) in [7, 11) is 0. The van der Waals surface area contributed by atoms with Gasteiger partial charge in [0, 0.05) is 6.42 Å². The molecule has 0 bridgehead atoms. The number of hydrogen-bond donors (Lipinski definition) is 0. The van der Waals surface area contributed by atoms with Crippen molar-refractivity contribution in [2.75, 3.05) is 0 Å². The van der Waals surface area contributed by atoms with E-state index >= 15 is 0 Å². The van der Waals surface area contributed by atoms with Crippen LogP contribution >= 0.6 is 0 Å². The van der Waals surface area contributed by atoms with Crippen molar-refractivity contribution >= 4 is 5.97 Å². The van der Waals surface area contributed by atoms with Crippen LogP contribution in [0.1, 0.15) is 91.9 Å². The van der Waals surface area contributed by atoms with Gasteiger partial charge in [-0.2, -0.15) is 0 Å². The molecule has 0 saturated carbocycles. The molecule has 0 aliphatic carbocycles. The third kappa shape index (κ3) is 18.7. The predicted octanol–water partition coefficient (Wildman–Crippen LogP) is 6.92. The van der Waals surface area contributed by atoms with Gasteiger partial charge in [0.25, 0.3) is 0 Å². The monoisotopic (exact) mass is 334 g/mol. The maximum absolute atomic E-state index is 11.6. The Morgan fingerprint density at radius 1 is 0.792 bits per heavy atom. The van der Waals surface area contributed by atoms with Crippen LogP contribution < -0.4 is 0 Å². The number of allylic oxidation sites excluding steroid dienone is 6. The molecule has 0 aromatic rings. The third-order valence-electron chi connectivity index (χ3n) is 3.45. The molecule has 0 amide bonds. The zero-order valence-corrected chi connectivity index (χ0v) is 16.4. The molecule has 0 N–H and O–H groups in total. The second-order valence-corrected chi connectivity index (χ2v) is 7.19. The summed E-state index contributed by atoms with van der Waals surface area (Å²) in [4.78, 5) is 11.6. The lowest BCUT2D eigenvalue weighted by Gasteiger charge is -2.19. The summed E-state index contributed by atoms with van der Waals surface area (Å²) >= 11 is 0. The van der Waals surface area contributed by atoms with E-state index in [2.05, 4.69) is 43.4 Å². The van der Waals surface area contributed by atoms with Crippen LogP contribution in [0.25, 0.3) is 0 Å². The normalized spacial score (nSPS) is 12.7. The van der Waals surface area contributed by atoms with E-state index in [0.29, 0.717) is 6.42 Å². The highest BCUT2D eigenvalue weighted by Gasteiger charge is 2.15. The van der Waals surface area contributed by atoms with Gasteiger partial charge >= 0.3 is 5.97 Å². The first-order chi connectivity index (χ1) is 11.5. The van der Waals surface area contributed by atoms with E-state index in [4.69, 9.17) is 4.74 Å². The Morgan fingerprint density at radius 3 is 1.96 bits per heavy atom. The smallest absolute Gasteiger partial charge is 0.306 e. The average Bonchev–Trinajstić information content (AvgIpc) is 2.49. The average molecular weight is 335 g/mol. The summed E-state index contributed by atoms with van der Waals surface area (Å²) in [5.41, 5.74) is -0.356. The summed E-state index contributed by atoms with van der Waals surface area (Å²) in [6.07, 6.45) is 24.1. The third-order valence-corrected chi connectivity index (χ3v) is 3.45. The molecule has 2 nitrogen and oxygen atoms in total. The van der Waals surface area contributed by atoms with Crippen LogP contribution in [0.4, 0.5) is 0 Å². The SMILES string of the molecule is CCC=CCC=CCC=CCCCCCCCC(=O)OC(C)(C)C. The molecular formula is C22H38O2. The quantitative estimate of drug-likeness (QED) is 0.208. The fourth-order valence-corrected chi connectivity index (χ4v) is 2.28. The molecule has 0 spiro atoms. The first kappa shape index (κ1) is 22.7. The van der Waals surface area contributed by atoms with E-state index in [1.54, 1.807) is 0 Å². The minimum Gasteiger partial charge on any atom is -0.460 e. The molecule has 0 atom stereocenters. The van der Waals surface area contributed by atoms with Gasteiger partial charge in [-0.3, -0.25) is 4.79 Å². The van der Waals surface area contributed by atoms with Crippen LogP contribution in [0, 0.1) is 0 Å². The van der Waals surface area contributed by atoms with E-state index in [-0.39, 0.29) is 11.6 Å². The molecule has 0 saturated heterocycles. The second-order valence-electron chi connectivity index (χ2n) is 7.19. The van der Waals surface area contributed by atoms with Crippen molar-refractivity contribution in [3.8, 4) is 0 Å². The topological polar surface area (TPSA) is 26.3 Å². The lowest BCUT2D eigenvalue weighted by atomic mass is 10.1. The van der Waals surface area contributed by atoms with Crippen molar-refractivity contribution < 1.29 is 9.53 Å². The molecular weight excluding hydrogens is 296 g/mol. The van der Waals surface area contributed by atoms with Gasteiger partial charge in [0.15, 0.2) is 0 Å². The Hall–Kier alpha value is -1.31. The Bertz CT molecular complexity index is 383. The fraction of sp³-hybridized carbons (Fsp3) is 0.682. The van der Waals surface area contributed by atoms with Gasteiger partial charge in [-0.1, -0.05) is 62.6 Å². The first-order valence-electron chi connectivity index (χ1n) is 9.62. The molecule has 0 aliphatic rings. The largest absolute Gasteiger partial charge is 0.460 e. The summed E-state index contributed by atoms with van der Waals surface area (Å²) in [6, 6.07) is 0. The minimum absolute atomic E-state index is 0.0660. The fourth-order valence-electron chi connectivity index (χ4n) is 2.28. The Kier molecular flexibility index (Phi) is 14.4. The lowest BCUT2D eigenvalue weighted by Crippen LogP contribution is -2.23. The van der Waals surface area contributed by atoms with Gasteiger partial charge in [0.1, 0.15) is 5.60 Å². The van der Waals surface area contributed by atoms with Crippen LogP contribution in [0.3, 0.4) is 0 Å². The summed E-state index contributed by atoms with van der Waals surface area (Å²) in [5.74, 6) is -0.0660. The molecule has 0 aliphatic heterocycles. The predicted molar refractivity (Wildman–Crippen MR) is 105 cm³/mol. The molecule has 0 rings (SSSR count). The highest BCUT2D eigenvalue weighted by molar-refractivity contribution is 5.69. The molecule has 0 aromatic carbocycles. The number of ether oxygens (including phenoxy) is 1. The van der Waals surface area contributed by atoms with Crippen molar-refractivity contribution in [2.45, 2.75) is 97.5 Å². The molecule has 0 heterocycles. The highest BCUT2D eigenvalue weighted by Crippen LogP contribution is 2.12. The van der Waals surface area contributed by atoms with E-state index in [0.717, 1.165) is 38.5 Å². The Balaban J connectivity index is 3.37. The summed E-state index contributed by atoms with van der Waals surface area (Å²) in [6.45, 7) is 7.90. The van der Waals surface area contributed by atoms with Gasteiger partial charge in [-0.05, 0) is 59.3 Å². The minimum atomic E-state index is -0.356. The molecule has 138 valence electrons. The zero-order chi connectivity index (χ0) is 18.1. The van der Waals surface area contributed by atoms with E-state index < -0.39 is 0 Å². The van der Waals surface area contributed by atoms with Crippen LogP contribution in [0.5, 0.6) is 0 Å². The van der Waals surface area contributed by atoms with Crippen LogP contribution in [0.15, 0.2) is 36.5 Å². The maximum atomic E-state index is 11.6. The highest BCUT2D eigenvalue weighted by atomic mass is 16.6. The van der Waals surface area contributed by atoms with Gasteiger partial charge < -0.3 is 4.74 Å². The molecule has 24 heavy (non-hydrogen) atoms. The van der Waals surface area contributed by atoms with Crippen molar-refractivity contribution in [3.63, 3.8) is 0 Å². The molecule has 2 heteroatoms. The summed E-state index contributed by atoms with van der Waals surface area (Å²) < 4.78 is 5.30. The number of unbranched alkanes of at least 4 members (excludes halogenated alkanes) is 5. The molecule has 0 unspecified atom stereocenters. The van der Waals surface area contributed by atoms with Gasteiger partial charge in [-0.15, -0.1) is 0 Å². The lowest BCUT2D eigenvalue weighted by molar-refractivity contribution is -0.154. The molecule has 0 radical (unpaired) electrons. The van der Waals surface area contributed by atoms with Gasteiger partial charge in [0.2, 0.25) is 0 Å². The number of rotatable bonds is 13. The number of hydrogen-bond acceptors (Lipinski definition) is 2. The van der Waals surface area contributed by atoms with E-state index in [1.807, 2.05) is 20.8 Å². The Labute approximate surface area is 150 Å². The standard InChI is InChI=1S/C22H38O2/c1-5-6-7-8-9-10-11-12-13-14-15-16-17-18-19-20-21(23)24-22(2,3)4/h6-7,9-10,12-13H,5,8,11,14-20H2,1-4H3. The van der Waals surface area contributed by atoms with Crippen LogP contribution in [-0.4, -0.2) is 11.6 Å². The number of carbonyl (C=O) groups excluding carboxylic acids is 1. The number of carbonyl (C=O) groups is 1. The maximum Gasteiger partial charge on any atom is 0.306 e. The zero-order valence-electron chi connectivity index (χ0n) is 16.4. The Morgan fingerprint density at radius 2 is 1.33 bits per heavy atom. The molecule has 0 aromatic heterocycles. The number of esters is 1. The first-order valence-corrected chi connectivity index (χ1v) is 9.62. The van der Waals surface area contributed by atoms with Crippen LogP contribution in [0.2, 0.25) is 0 Å². The van der Waals surface area contributed by atoms with Gasteiger partial charge in [-0.25, -0.2) is 0 Å². The van der Waals surface area contributed by atoms with E-state index in [9.17, 15) is 4.79 Å². The molecule has 0 fully saturated rings. The van der Waals surface area contributed by atoms with Crippen molar-refractivity contribution in [3.05, 3.63) is 36.5 Å². The second kappa shape index (κ2) is 15.2. The van der Waals surface area contributed by atoms with Crippen molar-refractivity contribution in [1.82, 2.24) is 0 Å². The van der Waals surface area contributed by atoms with Gasteiger partial charge in [0.05, 0.1) is 0 Å². The van der Waals surface area contributed by atoms with Crippen LogP contribution in [-0.2, 0) is 9.53 Å². The van der Waals surface area contributed by atoms with E-state index in [1.165, 1.54) is 19.3 Å². The van der Waals surface area contributed by atoms with Crippen molar-refractivity contribution in [1.29, 1.82) is 0 Å².